The molecule has 0 atom stereocenters. The fourth-order valence-electron chi connectivity index (χ4n) is 1.60. The van der Waals surface area contributed by atoms with Gasteiger partial charge in [0.25, 0.3) is 0 Å². The number of hydrogen-bond acceptors (Lipinski definition) is 3. The molecule has 2 rings (SSSR count). The van der Waals surface area contributed by atoms with Crippen LogP contribution >= 0.6 is 12.4 Å². The summed E-state index contributed by atoms with van der Waals surface area (Å²) >= 11 is 0. The monoisotopic (exact) mass is 203 g/mol. The Balaban J connectivity index is 0.000000845. The van der Waals surface area contributed by atoms with Gasteiger partial charge in [-0.1, -0.05) is 0 Å². The quantitative estimate of drug-likeness (QED) is 0.714. The normalized spacial score (nSPS) is 18.2. The second-order valence-electron chi connectivity index (χ2n) is 3.16. The van der Waals surface area contributed by atoms with E-state index in [2.05, 4.69) is 10.4 Å². The van der Waals surface area contributed by atoms with E-state index in [4.69, 9.17) is 5.11 Å². The van der Waals surface area contributed by atoms with Gasteiger partial charge in [0.05, 0.1) is 18.4 Å². The third kappa shape index (κ3) is 2.35. The summed E-state index contributed by atoms with van der Waals surface area (Å²) in [7, 11) is 0. The van der Waals surface area contributed by atoms with Crippen molar-refractivity contribution in [2.24, 2.45) is 0 Å². The average molecular weight is 204 g/mol. The molecule has 0 aromatic carbocycles. The fraction of sp³-hybridized carbons (Fsp3) is 0.625. The zero-order valence-corrected chi connectivity index (χ0v) is 8.13. The third-order valence-corrected chi connectivity index (χ3v) is 2.27. The summed E-state index contributed by atoms with van der Waals surface area (Å²) in [6.45, 7) is 2.09. The lowest BCUT2D eigenvalue weighted by Gasteiger charge is -2.22. The van der Waals surface area contributed by atoms with Crippen molar-refractivity contribution in [3.63, 3.8) is 0 Å². The topological polar surface area (TPSA) is 50.1 Å². The van der Waals surface area contributed by atoms with Crippen molar-refractivity contribution >= 4 is 12.4 Å². The lowest BCUT2D eigenvalue weighted by molar-refractivity contribution is 0.342. The minimum absolute atomic E-state index is 0. The van der Waals surface area contributed by atoms with Gasteiger partial charge in [-0.2, -0.15) is 5.10 Å². The van der Waals surface area contributed by atoms with Gasteiger partial charge in [0.15, 0.2) is 5.75 Å². The lowest BCUT2D eigenvalue weighted by Crippen LogP contribution is -2.29. The molecule has 0 aliphatic carbocycles. The molecule has 2 N–H and O–H groups in total. The minimum atomic E-state index is 0. The molecule has 0 bridgehead atoms. The van der Waals surface area contributed by atoms with E-state index < -0.39 is 0 Å². The van der Waals surface area contributed by atoms with Gasteiger partial charge in [-0.15, -0.1) is 12.4 Å². The first-order valence-corrected chi connectivity index (χ1v) is 4.30. The maximum Gasteiger partial charge on any atom is 0.153 e. The highest BCUT2D eigenvalue weighted by Crippen LogP contribution is 2.19. The number of aromatic hydroxyl groups is 1. The molecule has 1 saturated heterocycles. The number of nitrogens with one attached hydrogen (secondary N) is 1. The van der Waals surface area contributed by atoms with Crippen LogP contribution in [0.3, 0.4) is 0 Å². The van der Waals surface area contributed by atoms with Crippen molar-refractivity contribution in [2.45, 2.75) is 18.9 Å². The summed E-state index contributed by atoms with van der Waals surface area (Å²) in [6, 6.07) is 0.465. The molecule has 74 valence electrons. The van der Waals surface area contributed by atoms with Gasteiger partial charge in [-0.05, 0) is 25.9 Å². The van der Waals surface area contributed by atoms with Crippen LogP contribution in [0.1, 0.15) is 18.9 Å². The van der Waals surface area contributed by atoms with Crippen LogP contribution in [0.4, 0.5) is 0 Å². The molecule has 1 fully saturated rings. The van der Waals surface area contributed by atoms with Gasteiger partial charge in [-0.25, -0.2) is 0 Å². The number of hydrogen-bond donors (Lipinski definition) is 2. The Labute approximate surface area is 83.4 Å². The van der Waals surface area contributed by atoms with Crippen LogP contribution in [0, 0.1) is 0 Å². The number of aromatic nitrogens is 2. The summed E-state index contributed by atoms with van der Waals surface area (Å²) in [5, 5.41) is 16.5. The Bertz CT molecular complexity index is 258. The molecule has 0 amide bonds. The van der Waals surface area contributed by atoms with E-state index in [1.807, 2.05) is 4.68 Å². The fourth-order valence-corrected chi connectivity index (χ4v) is 1.60. The molecule has 0 spiro atoms. The van der Waals surface area contributed by atoms with Crippen molar-refractivity contribution in [2.75, 3.05) is 13.1 Å². The Morgan fingerprint density at radius 3 is 2.69 bits per heavy atom. The van der Waals surface area contributed by atoms with Crippen LogP contribution in [-0.4, -0.2) is 28.0 Å². The SMILES string of the molecule is Cl.Oc1cnn(C2CCNCC2)c1. The van der Waals surface area contributed by atoms with E-state index in [0.29, 0.717) is 6.04 Å². The zero-order valence-electron chi connectivity index (χ0n) is 7.31. The van der Waals surface area contributed by atoms with Crippen molar-refractivity contribution in [1.82, 2.24) is 15.1 Å². The molecule has 5 heteroatoms. The molecule has 0 unspecified atom stereocenters. The van der Waals surface area contributed by atoms with Gasteiger partial charge in [0.2, 0.25) is 0 Å². The van der Waals surface area contributed by atoms with E-state index in [0.717, 1.165) is 25.9 Å². The van der Waals surface area contributed by atoms with Crippen molar-refractivity contribution < 1.29 is 5.11 Å². The molecule has 1 aromatic rings. The van der Waals surface area contributed by atoms with Gasteiger partial charge >= 0.3 is 0 Å². The second-order valence-corrected chi connectivity index (χ2v) is 3.16. The first kappa shape index (κ1) is 10.3. The lowest BCUT2D eigenvalue weighted by atomic mass is 10.1. The Hall–Kier alpha value is -0.740. The summed E-state index contributed by atoms with van der Waals surface area (Å²) in [5.41, 5.74) is 0. The average Bonchev–Trinajstić information content (AvgIpc) is 2.54. The van der Waals surface area contributed by atoms with E-state index in [-0.39, 0.29) is 18.2 Å². The molecule has 4 nitrogen and oxygen atoms in total. The molecule has 1 aliphatic rings. The Kier molecular flexibility index (Phi) is 3.57. The maximum absolute atomic E-state index is 9.08. The highest BCUT2D eigenvalue weighted by Gasteiger charge is 2.15. The number of halogens is 1. The van der Waals surface area contributed by atoms with Gasteiger partial charge < -0.3 is 10.4 Å². The largest absolute Gasteiger partial charge is 0.505 e. The summed E-state index contributed by atoms with van der Waals surface area (Å²) in [6.07, 6.45) is 5.38. The van der Waals surface area contributed by atoms with Crippen molar-refractivity contribution in [3.8, 4) is 5.75 Å². The number of piperidine rings is 1. The van der Waals surface area contributed by atoms with Crippen LogP contribution in [0.25, 0.3) is 0 Å². The molecule has 2 heterocycles. The van der Waals surface area contributed by atoms with Gasteiger partial charge in [0.1, 0.15) is 0 Å². The van der Waals surface area contributed by atoms with Crippen molar-refractivity contribution in [3.05, 3.63) is 12.4 Å². The first-order chi connectivity index (χ1) is 5.86. The summed E-state index contributed by atoms with van der Waals surface area (Å²) < 4.78 is 1.86. The molecule has 13 heavy (non-hydrogen) atoms. The van der Waals surface area contributed by atoms with Crippen molar-refractivity contribution in [1.29, 1.82) is 0 Å². The van der Waals surface area contributed by atoms with E-state index in [9.17, 15) is 0 Å². The molecule has 0 radical (unpaired) electrons. The molecular weight excluding hydrogens is 190 g/mol. The van der Waals surface area contributed by atoms with Crippen LogP contribution in [0.2, 0.25) is 0 Å². The third-order valence-electron chi connectivity index (χ3n) is 2.27. The molecule has 1 aliphatic heterocycles. The van der Waals surface area contributed by atoms with Crippen LogP contribution in [0.15, 0.2) is 12.4 Å². The van der Waals surface area contributed by atoms with Crippen LogP contribution < -0.4 is 5.32 Å². The van der Waals surface area contributed by atoms with Crippen LogP contribution in [-0.2, 0) is 0 Å². The molecule has 0 saturated carbocycles. The van der Waals surface area contributed by atoms with E-state index in [1.54, 1.807) is 6.20 Å². The maximum atomic E-state index is 9.08. The summed E-state index contributed by atoms with van der Waals surface area (Å²) in [4.78, 5) is 0. The first-order valence-electron chi connectivity index (χ1n) is 4.30. The minimum Gasteiger partial charge on any atom is -0.505 e. The van der Waals surface area contributed by atoms with E-state index >= 15 is 0 Å². The molecule has 1 aromatic heterocycles. The highest BCUT2D eigenvalue weighted by atomic mass is 35.5. The Morgan fingerprint density at radius 2 is 2.15 bits per heavy atom. The highest BCUT2D eigenvalue weighted by molar-refractivity contribution is 5.85. The Morgan fingerprint density at radius 1 is 1.46 bits per heavy atom. The van der Waals surface area contributed by atoms with Crippen LogP contribution in [0.5, 0.6) is 5.75 Å². The van der Waals surface area contributed by atoms with Gasteiger partial charge in [-0.3, -0.25) is 4.68 Å². The number of nitrogens with zero attached hydrogens (tertiary/aromatic N) is 2. The second kappa shape index (κ2) is 4.48. The standard InChI is InChI=1S/C8H13N3O.ClH/c12-8-5-10-11(6-8)7-1-3-9-4-2-7;/h5-7,9,12H,1-4H2;1H. The van der Waals surface area contributed by atoms with Gasteiger partial charge in [0, 0.05) is 0 Å². The smallest absolute Gasteiger partial charge is 0.153 e. The predicted molar refractivity (Wildman–Crippen MR) is 52.3 cm³/mol. The summed E-state index contributed by atoms with van der Waals surface area (Å²) in [5.74, 6) is 0.258. The van der Waals surface area contributed by atoms with E-state index in [1.165, 1.54) is 6.20 Å². The number of rotatable bonds is 1. The molecular formula is C8H14ClN3O. The predicted octanol–water partition coefficient (Wildman–Crippen LogP) is 0.935. The zero-order chi connectivity index (χ0) is 8.39.